The van der Waals surface area contributed by atoms with Gasteiger partial charge in [-0.05, 0) is 31.9 Å². The molecule has 0 radical (unpaired) electrons. The topological polar surface area (TPSA) is 24.5 Å². The zero-order valence-electron chi connectivity index (χ0n) is 14.1. The number of ether oxygens (including phenoxy) is 1. The first-order valence-electron chi connectivity index (χ1n) is 8.44. The lowest BCUT2D eigenvalue weighted by molar-refractivity contribution is -0.216. The van der Waals surface area contributed by atoms with Crippen LogP contribution in [0.4, 0.5) is 8.78 Å². The van der Waals surface area contributed by atoms with Gasteiger partial charge in [-0.15, -0.1) is 0 Å². The summed E-state index contributed by atoms with van der Waals surface area (Å²) in [6.45, 7) is 7.54. The molecule has 5 heteroatoms. The summed E-state index contributed by atoms with van der Waals surface area (Å²) in [7, 11) is 0. The van der Waals surface area contributed by atoms with Crippen molar-refractivity contribution < 1.29 is 13.5 Å². The molecular weight excluding hydrogens is 298 g/mol. The van der Waals surface area contributed by atoms with E-state index >= 15 is 0 Å². The summed E-state index contributed by atoms with van der Waals surface area (Å²) < 4.78 is 29.9. The van der Waals surface area contributed by atoms with Crippen LogP contribution in [0.5, 0.6) is 0 Å². The summed E-state index contributed by atoms with van der Waals surface area (Å²) in [5.74, 6) is 0. The molecule has 1 saturated carbocycles. The number of nitrogens with one attached hydrogen (secondary N) is 1. The Morgan fingerprint density at radius 1 is 1.39 bits per heavy atom. The van der Waals surface area contributed by atoms with Gasteiger partial charge in [0.25, 0.3) is 0 Å². The second kappa shape index (κ2) is 8.06. The second-order valence-corrected chi connectivity index (χ2v) is 6.53. The van der Waals surface area contributed by atoms with E-state index in [4.69, 9.17) is 0 Å². The number of allylic oxidation sites excluding steroid dienone is 3. The zero-order chi connectivity index (χ0) is 16.9. The van der Waals surface area contributed by atoms with Gasteiger partial charge in [0.2, 0.25) is 0 Å². The zero-order valence-corrected chi connectivity index (χ0v) is 14.1. The van der Waals surface area contributed by atoms with Crippen molar-refractivity contribution in [2.24, 2.45) is 0 Å². The summed E-state index contributed by atoms with van der Waals surface area (Å²) >= 11 is 0. The molecule has 23 heavy (non-hydrogen) atoms. The molecule has 0 aromatic carbocycles. The molecule has 2 fully saturated rings. The molecule has 0 bridgehead atoms. The first-order valence-corrected chi connectivity index (χ1v) is 8.44. The van der Waals surface area contributed by atoms with E-state index in [1.54, 1.807) is 12.2 Å². The average molecular weight is 326 g/mol. The molecule has 1 aliphatic carbocycles. The maximum absolute atomic E-state index is 12.7. The lowest BCUT2D eigenvalue weighted by atomic mass is 9.86. The molecule has 0 spiro atoms. The van der Waals surface area contributed by atoms with Crippen molar-refractivity contribution in [3.63, 3.8) is 0 Å². The number of hydrogen-bond acceptors (Lipinski definition) is 3. The predicted molar refractivity (Wildman–Crippen MR) is 89.3 cm³/mol. The van der Waals surface area contributed by atoms with Gasteiger partial charge in [-0.2, -0.15) is 8.78 Å². The van der Waals surface area contributed by atoms with Crippen LogP contribution in [0, 0.1) is 0 Å². The number of alkyl halides is 2. The van der Waals surface area contributed by atoms with Gasteiger partial charge < -0.3 is 15.0 Å². The first kappa shape index (κ1) is 18.1. The molecule has 3 nitrogen and oxygen atoms in total. The number of halogens is 2. The predicted octanol–water partition coefficient (Wildman–Crippen LogP) is 3.85. The third-order valence-corrected chi connectivity index (χ3v) is 4.44. The Morgan fingerprint density at radius 2 is 2.13 bits per heavy atom. The Balaban J connectivity index is 2.07. The SMILES string of the molecule is C=C/C=C(\C=C/COC(C)(F)F)N1CC(C)NC2CCCCC21. The van der Waals surface area contributed by atoms with Gasteiger partial charge in [0, 0.05) is 37.3 Å². The minimum absolute atomic E-state index is 0.103. The van der Waals surface area contributed by atoms with Crippen LogP contribution in [0.1, 0.15) is 39.5 Å². The van der Waals surface area contributed by atoms with Crippen LogP contribution < -0.4 is 5.32 Å². The number of hydrogen-bond donors (Lipinski definition) is 1. The van der Waals surface area contributed by atoms with Gasteiger partial charge in [-0.3, -0.25) is 0 Å². The Morgan fingerprint density at radius 3 is 2.83 bits per heavy atom. The number of nitrogens with zero attached hydrogens (tertiary/aromatic N) is 1. The Labute approximate surface area is 138 Å². The van der Waals surface area contributed by atoms with Crippen molar-refractivity contribution in [3.8, 4) is 0 Å². The normalized spacial score (nSPS) is 29.7. The average Bonchev–Trinajstić information content (AvgIpc) is 2.48. The highest BCUT2D eigenvalue weighted by Crippen LogP contribution is 2.30. The smallest absolute Gasteiger partial charge is 0.353 e. The van der Waals surface area contributed by atoms with E-state index in [9.17, 15) is 8.78 Å². The molecule has 1 aliphatic heterocycles. The molecule has 1 saturated heterocycles. The minimum atomic E-state index is -3.09. The van der Waals surface area contributed by atoms with Crippen molar-refractivity contribution >= 4 is 0 Å². The Hall–Kier alpha value is -1.20. The fraction of sp³-hybridized carbons (Fsp3) is 0.667. The lowest BCUT2D eigenvalue weighted by Crippen LogP contribution is -2.61. The van der Waals surface area contributed by atoms with E-state index in [0.717, 1.165) is 25.6 Å². The van der Waals surface area contributed by atoms with Crippen LogP contribution in [0.3, 0.4) is 0 Å². The third kappa shape index (κ3) is 5.43. The lowest BCUT2D eigenvalue weighted by Gasteiger charge is -2.48. The van der Waals surface area contributed by atoms with E-state index in [0.29, 0.717) is 18.1 Å². The largest absolute Gasteiger partial charge is 0.365 e. The van der Waals surface area contributed by atoms with Crippen molar-refractivity contribution in [1.29, 1.82) is 0 Å². The summed E-state index contributed by atoms with van der Waals surface area (Å²) in [6.07, 6.45) is 9.00. The van der Waals surface area contributed by atoms with E-state index in [-0.39, 0.29) is 6.61 Å². The van der Waals surface area contributed by atoms with Gasteiger partial charge in [0.1, 0.15) is 0 Å². The highest BCUT2D eigenvalue weighted by Gasteiger charge is 2.35. The van der Waals surface area contributed by atoms with Crippen LogP contribution in [0.25, 0.3) is 0 Å². The van der Waals surface area contributed by atoms with Gasteiger partial charge in [-0.1, -0.05) is 31.6 Å². The van der Waals surface area contributed by atoms with Gasteiger partial charge in [0.15, 0.2) is 0 Å². The Kier molecular flexibility index (Phi) is 6.36. The molecule has 3 atom stereocenters. The molecule has 0 aromatic rings. The maximum Gasteiger partial charge on any atom is 0.353 e. The van der Waals surface area contributed by atoms with Crippen LogP contribution in [-0.2, 0) is 4.74 Å². The molecule has 0 amide bonds. The molecular formula is C18H28F2N2O. The van der Waals surface area contributed by atoms with Crippen molar-refractivity contribution in [2.75, 3.05) is 13.2 Å². The van der Waals surface area contributed by atoms with Crippen LogP contribution in [-0.4, -0.2) is 42.3 Å². The van der Waals surface area contributed by atoms with Crippen molar-refractivity contribution in [1.82, 2.24) is 10.2 Å². The van der Waals surface area contributed by atoms with E-state index in [1.807, 2.05) is 12.2 Å². The quantitative estimate of drug-likeness (QED) is 0.751. The van der Waals surface area contributed by atoms with E-state index in [1.165, 1.54) is 19.3 Å². The van der Waals surface area contributed by atoms with E-state index in [2.05, 4.69) is 28.5 Å². The van der Waals surface area contributed by atoms with Gasteiger partial charge in [0.05, 0.1) is 6.61 Å². The highest BCUT2D eigenvalue weighted by molar-refractivity contribution is 5.24. The van der Waals surface area contributed by atoms with Gasteiger partial charge >= 0.3 is 6.11 Å². The maximum atomic E-state index is 12.7. The first-order chi connectivity index (χ1) is 10.9. The summed E-state index contributed by atoms with van der Waals surface area (Å²) in [4.78, 5) is 2.40. The van der Waals surface area contributed by atoms with E-state index < -0.39 is 6.11 Å². The second-order valence-electron chi connectivity index (χ2n) is 6.53. The molecule has 1 heterocycles. The summed E-state index contributed by atoms with van der Waals surface area (Å²) in [6, 6.07) is 1.38. The van der Waals surface area contributed by atoms with Crippen molar-refractivity contribution in [2.45, 2.75) is 63.8 Å². The van der Waals surface area contributed by atoms with Crippen LogP contribution >= 0.6 is 0 Å². The van der Waals surface area contributed by atoms with Crippen molar-refractivity contribution in [3.05, 3.63) is 36.6 Å². The summed E-state index contributed by atoms with van der Waals surface area (Å²) in [5, 5.41) is 3.69. The number of fused-ring (bicyclic) bond motifs is 1. The standard InChI is InChI=1S/C18H28F2N2O/c1-4-8-15(9-7-12-23-18(3,19)20)22-13-14(2)21-16-10-5-6-11-17(16)22/h4,7-9,14,16-17,21H,1,5-6,10-13H2,2-3H3/b9-7-,15-8+. The fourth-order valence-electron chi connectivity index (χ4n) is 3.56. The van der Waals surface area contributed by atoms with Crippen LogP contribution in [0.2, 0.25) is 0 Å². The number of rotatable bonds is 6. The van der Waals surface area contributed by atoms with Gasteiger partial charge in [-0.25, -0.2) is 0 Å². The minimum Gasteiger partial charge on any atom is -0.365 e. The Bertz CT molecular complexity index is 456. The molecule has 2 aliphatic rings. The monoisotopic (exact) mass is 326 g/mol. The molecule has 2 rings (SSSR count). The molecule has 0 aromatic heterocycles. The summed E-state index contributed by atoms with van der Waals surface area (Å²) in [5.41, 5.74) is 1.02. The molecule has 130 valence electrons. The highest BCUT2D eigenvalue weighted by atomic mass is 19.3. The third-order valence-electron chi connectivity index (χ3n) is 4.44. The number of piperazine rings is 1. The molecule has 1 N–H and O–H groups in total. The fourth-order valence-corrected chi connectivity index (χ4v) is 3.56. The van der Waals surface area contributed by atoms with Crippen LogP contribution in [0.15, 0.2) is 36.6 Å². The molecule has 3 unspecified atom stereocenters.